The van der Waals surface area contributed by atoms with Gasteiger partial charge in [-0.1, -0.05) is 50.1 Å². The van der Waals surface area contributed by atoms with Gasteiger partial charge in [0.05, 0.1) is 11.6 Å². The fraction of sp³-hybridized carbons (Fsp3) is 0.471. The molecular weight excluding hydrogens is 254 g/mol. The molecule has 0 aliphatic heterocycles. The van der Waals surface area contributed by atoms with E-state index in [-0.39, 0.29) is 0 Å². The topological polar surface area (TPSA) is 23.8 Å². The normalized spacial score (nSPS) is 24.7. The molecule has 0 N–H and O–H groups in total. The standard InChI is InChI=1S/C17H20ClN/c1-12-8-14(10-17(2,3)9-12)16(11-19)13-4-6-15(18)7-5-13/h4-7,12H,8-10H2,1-3H3. The van der Waals surface area contributed by atoms with E-state index in [0.717, 1.165) is 24.0 Å². The third kappa shape index (κ3) is 3.39. The van der Waals surface area contributed by atoms with Gasteiger partial charge in [-0.3, -0.25) is 0 Å². The Balaban J connectivity index is 2.42. The molecule has 0 amide bonds. The Morgan fingerprint density at radius 3 is 2.47 bits per heavy atom. The van der Waals surface area contributed by atoms with E-state index in [1.54, 1.807) is 0 Å². The number of nitrogens with zero attached hydrogens (tertiary/aromatic N) is 1. The van der Waals surface area contributed by atoms with Crippen LogP contribution in [0.2, 0.25) is 5.02 Å². The molecular formula is C17H20ClN. The van der Waals surface area contributed by atoms with Gasteiger partial charge in [-0.2, -0.15) is 5.26 Å². The summed E-state index contributed by atoms with van der Waals surface area (Å²) in [5.41, 5.74) is 3.43. The van der Waals surface area contributed by atoms with E-state index in [4.69, 9.17) is 11.6 Å². The van der Waals surface area contributed by atoms with Crippen molar-refractivity contribution in [1.82, 2.24) is 0 Å². The van der Waals surface area contributed by atoms with Crippen molar-refractivity contribution < 1.29 is 0 Å². The van der Waals surface area contributed by atoms with Gasteiger partial charge in [0.2, 0.25) is 0 Å². The summed E-state index contributed by atoms with van der Waals surface area (Å²) >= 11 is 5.91. The van der Waals surface area contributed by atoms with Gasteiger partial charge in [0.1, 0.15) is 0 Å². The van der Waals surface area contributed by atoms with Crippen LogP contribution in [0.1, 0.15) is 45.6 Å². The Morgan fingerprint density at radius 2 is 1.95 bits per heavy atom. The molecule has 1 saturated carbocycles. The first-order valence-electron chi connectivity index (χ1n) is 6.79. The molecule has 2 heteroatoms. The Bertz CT molecular complexity index is 531. The third-order valence-corrected chi connectivity index (χ3v) is 4.04. The highest BCUT2D eigenvalue weighted by Crippen LogP contribution is 2.43. The van der Waals surface area contributed by atoms with E-state index in [2.05, 4.69) is 26.8 Å². The Kier molecular flexibility index (Phi) is 4.02. The van der Waals surface area contributed by atoms with E-state index in [1.165, 1.54) is 12.0 Å². The average molecular weight is 274 g/mol. The lowest BCUT2D eigenvalue weighted by atomic mass is 9.69. The van der Waals surface area contributed by atoms with Crippen molar-refractivity contribution in [3.05, 3.63) is 40.4 Å². The van der Waals surface area contributed by atoms with Crippen LogP contribution in [0.5, 0.6) is 0 Å². The summed E-state index contributed by atoms with van der Waals surface area (Å²) in [5, 5.41) is 10.2. The molecule has 1 aromatic carbocycles. The van der Waals surface area contributed by atoms with Crippen LogP contribution in [0.25, 0.3) is 5.57 Å². The minimum atomic E-state index is 0.293. The summed E-state index contributed by atoms with van der Waals surface area (Å²) in [5.74, 6) is 0.648. The SMILES string of the molecule is CC1CC(=C(C#N)c2ccc(Cl)cc2)CC(C)(C)C1. The molecule has 19 heavy (non-hydrogen) atoms. The van der Waals surface area contributed by atoms with Crippen molar-refractivity contribution in [3.63, 3.8) is 0 Å². The summed E-state index contributed by atoms with van der Waals surface area (Å²) in [7, 11) is 0. The number of rotatable bonds is 1. The molecule has 1 aliphatic rings. The van der Waals surface area contributed by atoms with Gasteiger partial charge >= 0.3 is 0 Å². The minimum absolute atomic E-state index is 0.293. The summed E-state index contributed by atoms with van der Waals surface area (Å²) in [4.78, 5) is 0. The first kappa shape index (κ1) is 14.2. The van der Waals surface area contributed by atoms with Gasteiger partial charge in [-0.15, -0.1) is 0 Å². The summed E-state index contributed by atoms with van der Waals surface area (Å²) in [6.45, 7) is 6.86. The maximum absolute atomic E-state index is 9.52. The molecule has 0 radical (unpaired) electrons. The zero-order valence-electron chi connectivity index (χ0n) is 11.8. The molecule has 1 unspecified atom stereocenters. The Hall–Kier alpha value is -1.26. The molecule has 0 heterocycles. The van der Waals surface area contributed by atoms with Crippen LogP contribution in [0.3, 0.4) is 0 Å². The third-order valence-electron chi connectivity index (χ3n) is 3.79. The van der Waals surface area contributed by atoms with Crippen molar-refractivity contribution in [3.8, 4) is 6.07 Å². The van der Waals surface area contributed by atoms with Crippen LogP contribution in [0.15, 0.2) is 29.8 Å². The maximum Gasteiger partial charge on any atom is 0.0997 e. The fourth-order valence-corrected chi connectivity index (χ4v) is 3.44. The van der Waals surface area contributed by atoms with E-state index < -0.39 is 0 Å². The van der Waals surface area contributed by atoms with Gasteiger partial charge in [0, 0.05) is 5.02 Å². The van der Waals surface area contributed by atoms with E-state index >= 15 is 0 Å². The predicted octanol–water partition coefficient (Wildman–Crippen LogP) is 5.46. The van der Waals surface area contributed by atoms with Crippen molar-refractivity contribution in [2.75, 3.05) is 0 Å². The summed E-state index contributed by atoms with van der Waals surface area (Å²) < 4.78 is 0. The highest BCUT2D eigenvalue weighted by Gasteiger charge is 2.30. The monoisotopic (exact) mass is 273 g/mol. The molecule has 0 saturated heterocycles. The molecule has 1 nitrogen and oxygen atoms in total. The number of hydrogen-bond donors (Lipinski definition) is 0. The zero-order chi connectivity index (χ0) is 14.0. The molecule has 1 aliphatic carbocycles. The van der Waals surface area contributed by atoms with Gasteiger partial charge in [-0.25, -0.2) is 0 Å². The lowest BCUT2D eigenvalue weighted by Gasteiger charge is -2.36. The van der Waals surface area contributed by atoms with E-state index in [0.29, 0.717) is 16.4 Å². The highest BCUT2D eigenvalue weighted by atomic mass is 35.5. The first-order chi connectivity index (χ1) is 8.91. The van der Waals surface area contributed by atoms with E-state index in [9.17, 15) is 5.26 Å². The quantitative estimate of drug-likeness (QED) is 0.623. The van der Waals surface area contributed by atoms with Crippen molar-refractivity contribution in [2.45, 2.75) is 40.0 Å². The predicted molar refractivity (Wildman–Crippen MR) is 80.8 cm³/mol. The number of nitriles is 1. The lowest BCUT2D eigenvalue weighted by Crippen LogP contribution is -2.23. The first-order valence-corrected chi connectivity index (χ1v) is 7.17. The van der Waals surface area contributed by atoms with Crippen molar-refractivity contribution in [1.29, 1.82) is 5.26 Å². The summed E-state index contributed by atoms with van der Waals surface area (Å²) in [6.07, 6.45) is 3.29. The average Bonchev–Trinajstić information content (AvgIpc) is 2.30. The van der Waals surface area contributed by atoms with Crippen LogP contribution in [-0.2, 0) is 0 Å². The van der Waals surface area contributed by atoms with Crippen LogP contribution < -0.4 is 0 Å². The number of allylic oxidation sites excluding steroid dienone is 2. The second-order valence-corrected chi connectivity index (χ2v) is 6.89. The molecule has 1 atom stereocenters. The van der Waals surface area contributed by atoms with Crippen LogP contribution in [0.4, 0.5) is 0 Å². The molecule has 1 aromatic rings. The lowest BCUT2D eigenvalue weighted by molar-refractivity contribution is 0.235. The molecule has 0 spiro atoms. The second-order valence-electron chi connectivity index (χ2n) is 6.45. The maximum atomic E-state index is 9.52. The van der Waals surface area contributed by atoms with Gasteiger partial charge in [-0.05, 0) is 48.3 Å². The van der Waals surface area contributed by atoms with Crippen LogP contribution in [-0.4, -0.2) is 0 Å². The summed E-state index contributed by atoms with van der Waals surface area (Å²) in [6, 6.07) is 10.00. The molecule has 1 fully saturated rings. The van der Waals surface area contributed by atoms with Crippen LogP contribution in [0, 0.1) is 22.7 Å². The van der Waals surface area contributed by atoms with Crippen LogP contribution >= 0.6 is 11.6 Å². The largest absolute Gasteiger partial charge is 0.192 e. The zero-order valence-corrected chi connectivity index (χ0v) is 12.6. The van der Waals surface area contributed by atoms with Crippen molar-refractivity contribution in [2.24, 2.45) is 11.3 Å². The van der Waals surface area contributed by atoms with Crippen molar-refractivity contribution >= 4 is 17.2 Å². The van der Waals surface area contributed by atoms with E-state index in [1.807, 2.05) is 24.3 Å². The van der Waals surface area contributed by atoms with Gasteiger partial charge in [0.25, 0.3) is 0 Å². The molecule has 100 valence electrons. The van der Waals surface area contributed by atoms with Gasteiger partial charge in [0.15, 0.2) is 0 Å². The second kappa shape index (κ2) is 5.39. The fourth-order valence-electron chi connectivity index (χ4n) is 3.31. The Labute approximate surface area is 120 Å². The number of hydrogen-bond acceptors (Lipinski definition) is 1. The Morgan fingerprint density at radius 1 is 1.32 bits per heavy atom. The smallest absolute Gasteiger partial charge is 0.0997 e. The number of halogens is 1. The number of benzene rings is 1. The molecule has 0 bridgehead atoms. The minimum Gasteiger partial charge on any atom is -0.192 e. The van der Waals surface area contributed by atoms with Gasteiger partial charge < -0.3 is 0 Å². The highest BCUT2D eigenvalue weighted by molar-refractivity contribution is 6.30. The molecule has 2 rings (SSSR count). The molecule has 0 aromatic heterocycles.